The second-order valence-corrected chi connectivity index (χ2v) is 6.21. The summed E-state index contributed by atoms with van der Waals surface area (Å²) in [6.45, 7) is 7.09. The number of nitrogens with two attached hydrogens (primary N) is 1. The molecule has 2 atom stereocenters. The predicted molar refractivity (Wildman–Crippen MR) is 79.4 cm³/mol. The van der Waals surface area contributed by atoms with E-state index in [0.717, 1.165) is 38.5 Å². The van der Waals surface area contributed by atoms with Gasteiger partial charge < -0.3 is 20.7 Å². The molecule has 0 aromatic heterocycles. The van der Waals surface area contributed by atoms with Crippen molar-refractivity contribution in [3.8, 4) is 0 Å². The minimum Gasteiger partial charge on any atom is -0.466 e. The molecular formula is C15H29N3O2. The number of likely N-dealkylation sites (tertiary alicyclic amines) is 1. The van der Waals surface area contributed by atoms with Crippen molar-refractivity contribution in [2.75, 3.05) is 39.3 Å². The lowest BCUT2D eigenvalue weighted by molar-refractivity contribution is -0.144. The molecule has 2 fully saturated rings. The predicted octanol–water partition coefficient (Wildman–Crippen LogP) is 0.588. The lowest BCUT2D eigenvalue weighted by Crippen LogP contribution is -2.51. The average Bonchev–Trinajstić information content (AvgIpc) is 3.21. The maximum absolute atomic E-state index is 11.7. The summed E-state index contributed by atoms with van der Waals surface area (Å²) in [4.78, 5) is 14.1. The molecule has 2 unspecified atom stereocenters. The van der Waals surface area contributed by atoms with Crippen LogP contribution in [0.4, 0.5) is 0 Å². The summed E-state index contributed by atoms with van der Waals surface area (Å²) in [5.74, 6) is 1.22. The summed E-state index contributed by atoms with van der Waals surface area (Å²) in [6.07, 6.45) is 4.36. The minimum atomic E-state index is -0.0620. The molecule has 5 nitrogen and oxygen atoms in total. The van der Waals surface area contributed by atoms with Crippen molar-refractivity contribution in [1.29, 1.82) is 0 Å². The summed E-state index contributed by atoms with van der Waals surface area (Å²) in [5, 5.41) is 3.67. The molecule has 2 aliphatic rings. The molecule has 0 aromatic carbocycles. The molecule has 116 valence electrons. The number of nitrogens with one attached hydrogen (secondary N) is 1. The van der Waals surface area contributed by atoms with Gasteiger partial charge in [-0.25, -0.2) is 0 Å². The Kier molecular flexibility index (Phi) is 6.26. The maximum atomic E-state index is 11.7. The maximum Gasteiger partial charge on any atom is 0.306 e. The van der Waals surface area contributed by atoms with E-state index in [1.54, 1.807) is 0 Å². The molecule has 0 amide bonds. The monoisotopic (exact) mass is 283 g/mol. The number of carbonyl (C=O) groups excluding carboxylic acids is 1. The summed E-state index contributed by atoms with van der Waals surface area (Å²) in [7, 11) is 0. The standard InChI is InChI=1S/C15H29N3O2/c1-2-20-15(19)8-13-7-14(17-9-12-3-4-12)11-18(10-13)6-5-16/h12-14,17H,2-11,16H2,1H3. The number of nitrogens with zero attached hydrogens (tertiary/aromatic N) is 1. The Morgan fingerprint density at radius 1 is 1.35 bits per heavy atom. The van der Waals surface area contributed by atoms with Crippen molar-refractivity contribution in [3.63, 3.8) is 0 Å². The molecule has 0 aromatic rings. The number of carbonyl (C=O) groups is 1. The van der Waals surface area contributed by atoms with Gasteiger partial charge in [0.05, 0.1) is 6.61 Å². The number of hydrogen-bond acceptors (Lipinski definition) is 5. The Balaban J connectivity index is 1.80. The zero-order valence-corrected chi connectivity index (χ0v) is 12.6. The van der Waals surface area contributed by atoms with E-state index in [-0.39, 0.29) is 5.97 Å². The van der Waals surface area contributed by atoms with E-state index in [1.165, 1.54) is 12.8 Å². The van der Waals surface area contributed by atoms with Gasteiger partial charge in [0.25, 0.3) is 0 Å². The fourth-order valence-electron chi connectivity index (χ4n) is 3.07. The second-order valence-electron chi connectivity index (χ2n) is 6.21. The zero-order valence-electron chi connectivity index (χ0n) is 12.6. The molecule has 1 heterocycles. The van der Waals surface area contributed by atoms with E-state index < -0.39 is 0 Å². The lowest BCUT2D eigenvalue weighted by Gasteiger charge is -2.38. The van der Waals surface area contributed by atoms with Crippen LogP contribution < -0.4 is 11.1 Å². The van der Waals surface area contributed by atoms with Crippen LogP contribution in [-0.4, -0.2) is 56.2 Å². The van der Waals surface area contributed by atoms with Gasteiger partial charge in [0.15, 0.2) is 0 Å². The topological polar surface area (TPSA) is 67.6 Å². The Morgan fingerprint density at radius 3 is 2.80 bits per heavy atom. The van der Waals surface area contributed by atoms with Crippen molar-refractivity contribution in [2.45, 2.75) is 38.6 Å². The Labute approximate surface area is 122 Å². The van der Waals surface area contributed by atoms with Gasteiger partial charge in [0.1, 0.15) is 0 Å². The Morgan fingerprint density at radius 2 is 2.15 bits per heavy atom. The molecule has 2 rings (SSSR count). The van der Waals surface area contributed by atoms with Gasteiger partial charge in [0, 0.05) is 38.6 Å². The van der Waals surface area contributed by atoms with Crippen LogP contribution in [0.1, 0.15) is 32.6 Å². The lowest BCUT2D eigenvalue weighted by atomic mass is 9.91. The largest absolute Gasteiger partial charge is 0.466 e. The third-order valence-electron chi connectivity index (χ3n) is 4.21. The zero-order chi connectivity index (χ0) is 14.4. The first-order valence-electron chi connectivity index (χ1n) is 8.02. The minimum absolute atomic E-state index is 0.0620. The van der Waals surface area contributed by atoms with Crippen LogP contribution in [0, 0.1) is 11.8 Å². The van der Waals surface area contributed by atoms with E-state index in [0.29, 0.717) is 31.5 Å². The van der Waals surface area contributed by atoms with Gasteiger partial charge in [-0.05, 0) is 44.6 Å². The van der Waals surface area contributed by atoms with Gasteiger partial charge in [-0.1, -0.05) is 0 Å². The van der Waals surface area contributed by atoms with Crippen molar-refractivity contribution in [2.24, 2.45) is 17.6 Å². The number of ether oxygens (including phenoxy) is 1. The van der Waals surface area contributed by atoms with Gasteiger partial charge >= 0.3 is 5.97 Å². The third kappa shape index (κ3) is 5.38. The van der Waals surface area contributed by atoms with Crippen LogP contribution in [0.3, 0.4) is 0 Å². The van der Waals surface area contributed by atoms with Crippen LogP contribution in [0.25, 0.3) is 0 Å². The highest BCUT2D eigenvalue weighted by Gasteiger charge is 2.30. The van der Waals surface area contributed by atoms with Crippen molar-refractivity contribution >= 4 is 5.97 Å². The van der Waals surface area contributed by atoms with Crippen LogP contribution >= 0.6 is 0 Å². The first kappa shape index (κ1) is 15.7. The van der Waals surface area contributed by atoms with Crippen LogP contribution in [0.2, 0.25) is 0 Å². The molecule has 1 saturated heterocycles. The summed E-state index contributed by atoms with van der Waals surface area (Å²) < 4.78 is 5.08. The summed E-state index contributed by atoms with van der Waals surface area (Å²) >= 11 is 0. The fourth-order valence-corrected chi connectivity index (χ4v) is 3.07. The number of hydrogen-bond donors (Lipinski definition) is 2. The average molecular weight is 283 g/mol. The van der Waals surface area contributed by atoms with E-state index in [2.05, 4.69) is 10.2 Å². The highest BCUT2D eigenvalue weighted by atomic mass is 16.5. The van der Waals surface area contributed by atoms with Crippen LogP contribution in [0.15, 0.2) is 0 Å². The number of piperidine rings is 1. The van der Waals surface area contributed by atoms with Crippen LogP contribution in [-0.2, 0) is 9.53 Å². The van der Waals surface area contributed by atoms with Crippen molar-refractivity contribution in [1.82, 2.24) is 10.2 Å². The van der Waals surface area contributed by atoms with E-state index in [1.807, 2.05) is 6.92 Å². The fraction of sp³-hybridized carbons (Fsp3) is 0.933. The number of esters is 1. The first-order chi connectivity index (χ1) is 9.71. The van der Waals surface area contributed by atoms with Crippen LogP contribution in [0.5, 0.6) is 0 Å². The molecule has 0 bridgehead atoms. The molecule has 3 N–H and O–H groups in total. The van der Waals surface area contributed by atoms with E-state index in [9.17, 15) is 4.79 Å². The third-order valence-corrected chi connectivity index (χ3v) is 4.21. The Bertz CT molecular complexity index is 307. The molecule has 5 heteroatoms. The van der Waals surface area contributed by atoms with Gasteiger partial charge in [-0.2, -0.15) is 0 Å². The van der Waals surface area contributed by atoms with Crippen molar-refractivity contribution < 1.29 is 9.53 Å². The second kappa shape index (κ2) is 7.96. The van der Waals surface area contributed by atoms with Gasteiger partial charge in [-0.3, -0.25) is 4.79 Å². The smallest absolute Gasteiger partial charge is 0.306 e. The van der Waals surface area contributed by atoms with Gasteiger partial charge in [-0.15, -0.1) is 0 Å². The Hall–Kier alpha value is -0.650. The first-order valence-corrected chi connectivity index (χ1v) is 8.02. The normalized spacial score (nSPS) is 27.5. The van der Waals surface area contributed by atoms with E-state index >= 15 is 0 Å². The highest BCUT2D eigenvalue weighted by Crippen LogP contribution is 2.28. The molecule has 20 heavy (non-hydrogen) atoms. The summed E-state index contributed by atoms with van der Waals surface area (Å²) in [5.41, 5.74) is 5.68. The molecule has 1 aliphatic heterocycles. The highest BCUT2D eigenvalue weighted by molar-refractivity contribution is 5.69. The van der Waals surface area contributed by atoms with Gasteiger partial charge in [0.2, 0.25) is 0 Å². The number of rotatable bonds is 8. The van der Waals surface area contributed by atoms with Crippen molar-refractivity contribution in [3.05, 3.63) is 0 Å². The molecule has 0 spiro atoms. The molecule has 0 radical (unpaired) electrons. The SMILES string of the molecule is CCOC(=O)CC1CC(NCC2CC2)CN(CCN)C1. The quantitative estimate of drug-likeness (QED) is 0.638. The molecule has 1 aliphatic carbocycles. The molecular weight excluding hydrogens is 254 g/mol. The molecule has 1 saturated carbocycles. The van der Waals surface area contributed by atoms with E-state index in [4.69, 9.17) is 10.5 Å². The summed E-state index contributed by atoms with van der Waals surface area (Å²) in [6, 6.07) is 0.496.